The number of carbonyl (C=O) groups is 2. The van der Waals surface area contributed by atoms with Gasteiger partial charge in [0.2, 0.25) is 0 Å². The van der Waals surface area contributed by atoms with E-state index in [1.165, 1.54) is 0 Å². The fourth-order valence-corrected chi connectivity index (χ4v) is 2.89. The van der Waals surface area contributed by atoms with Crippen LogP contribution in [0.1, 0.15) is 58.4 Å². The lowest BCUT2D eigenvalue weighted by Gasteiger charge is -2.24. The molecular formula is C22H29NO5. The smallest absolute Gasteiger partial charge is 0.408 e. The average molecular weight is 387 g/mol. The number of rotatable bonds is 7. The first-order valence-electron chi connectivity index (χ1n) is 9.66. The zero-order valence-corrected chi connectivity index (χ0v) is 16.8. The summed E-state index contributed by atoms with van der Waals surface area (Å²) in [5.41, 5.74) is 0.108. The molecule has 1 aromatic rings. The number of terminal acetylenes is 1. The Kier molecular flexibility index (Phi) is 7.74. The molecule has 0 heterocycles. The minimum absolute atomic E-state index is 0.0762. The van der Waals surface area contributed by atoms with Gasteiger partial charge in [0.1, 0.15) is 23.5 Å². The summed E-state index contributed by atoms with van der Waals surface area (Å²) in [6.45, 7) is 5.53. The van der Waals surface area contributed by atoms with Crippen LogP contribution < -0.4 is 10.1 Å². The summed E-state index contributed by atoms with van der Waals surface area (Å²) in [6.07, 6.45) is 8.71. The predicted octanol–water partition coefficient (Wildman–Crippen LogP) is 3.82. The molecule has 6 heteroatoms. The third-order valence-corrected chi connectivity index (χ3v) is 4.26. The molecule has 2 rings (SSSR count). The molecular weight excluding hydrogens is 358 g/mol. The maximum absolute atomic E-state index is 12.6. The van der Waals surface area contributed by atoms with Crippen LogP contribution in [0.4, 0.5) is 4.79 Å². The molecule has 6 nitrogen and oxygen atoms in total. The SMILES string of the molecule is C#Cc1ccc(OCCC(NC(=O)OC(C)(C)C)C(=O)OC2CCCC2)cc1. The van der Waals surface area contributed by atoms with E-state index < -0.39 is 23.7 Å². The van der Waals surface area contributed by atoms with Gasteiger partial charge in [0.15, 0.2) is 0 Å². The standard InChI is InChI=1S/C22H29NO5/c1-5-16-10-12-17(13-11-16)26-15-14-19(23-21(25)28-22(2,3)4)20(24)27-18-8-6-7-9-18/h1,10-13,18-19H,6-9,14-15H2,2-4H3,(H,23,25). The van der Waals surface area contributed by atoms with Crippen LogP contribution in [0.5, 0.6) is 5.75 Å². The van der Waals surface area contributed by atoms with Gasteiger partial charge in [-0.25, -0.2) is 9.59 Å². The number of hydrogen-bond donors (Lipinski definition) is 1. The number of amides is 1. The fraction of sp³-hybridized carbons (Fsp3) is 0.545. The summed E-state index contributed by atoms with van der Waals surface area (Å²) in [6, 6.07) is 6.26. The van der Waals surface area contributed by atoms with Gasteiger partial charge in [-0.15, -0.1) is 6.42 Å². The van der Waals surface area contributed by atoms with E-state index in [9.17, 15) is 9.59 Å². The van der Waals surface area contributed by atoms with Crippen molar-refractivity contribution in [2.75, 3.05) is 6.61 Å². The molecule has 0 spiro atoms. The van der Waals surface area contributed by atoms with Crippen LogP contribution in [0.2, 0.25) is 0 Å². The summed E-state index contributed by atoms with van der Waals surface area (Å²) in [5.74, 6) is 2.72. The maximum atomic E-state index is 12.6. The molecule has 1 amide bonds. The van der Waals surface area contributed by atoms with Crippen molar-refractivity contribution in [2.24, 2.45) is 0 Å². The van der Waals surface area contributed by atoms with Crippen LogP contribution in [0, 0.1) is 12.3 Å². The van der Waals surface area contributed by atoms with Gasteiger partial charge in [-0.05, 0) is 70.7 Å². The molecule has 1 N–H and O–H groups in total. The van der Waals surface area contributed by atoms with Crippen molar-refractivity contribution in [3.8, 4) is 18.1 Å². The second-order valence-corrected chi connectivity index (χ2v) is 7.85. The van der Waals surface area contributed by atoms with Crippen molar-refractivity contribution in [3.05, 3.63) is 29.8 Å². The molecule has 0 aromatic heterocycles. The fourth-order valence-electron chi connectivity index (χ4n) is 2.89. The molecule has 1 atom stereocenters. The molecule has 0 bridgehead atoms. The van der Waals surface area contributed by atoms with Crippen LogP contribution in [0.25, 0.3) is 0 Å². The number of alkyl carbamates (subject to hydrolysis) is 1. The third kappa shape index (κ3) is 7.51. The van der Waals surface area contributed by atoms with Crippen molar-refractivity contribution in [2.45, 2.75) is 70.6 Å². The van der Waals surface area contributed by atoms with Gasteiger partial charge in [0, 0.05) is 12.0 Å². The molecule has 0 radical (unpaired) electrons. The summed E-state index contributed by atoms with van der Waals surface area (Å²) < 4.78 is 16.5. The number of nitrogens with one attached hydrogen (secondary N) is 1. The molecule has 0 saturated heterocycles. The van der Waals surface area contributed by atoms with Gasteiger partial charge in [0.25, 0.3) is 0 Å². The van der Waals surface area contributed by atoms with E-state index in [2.05, 4.69) is 11.2 Å². The monoisotopic (exact) mass is 387 g/mol. The van der Waals surface area contributed by atoms with Gasteiger partial charge >= 0.3 is 12.1 Å². The second kappa shape index (κ2) is 10.0. The lowest BCUT2D eigenvalue weighted by atomic mass is 10.2. The van der Waals surface area contributed by atoms with E-state index in [1.54, 1.807) is 45.0 Å². The highest BCUT2D eigenvalue weighted by molar-refractivity contribution is 5.81. The zero-order chi connectivity index (χ0) is 20.6. The Labute approximate surface area is 166 Å². The number of hydrogen-bond acceptors (Lipinski definition) is 5. The predicted molar refractivity (Wildman–Crippen MR) is 106 cm³/mol. The minimum Gasteiger partial charge on any atom is -0.494 e. The first kappa shape index (κ1) is 21.6. The Morgan fingerprint density at radius 3 is 2.43 bits per heavy atom. The summed E-state index contributed by atoms with van der Waals surface area (Å²) in [5, 5.41) is 2.61. The van der Waals surface area contributed by atoms with E-state index in [4.69, 9.17) is 20.6 Å². The van der Waals surface area contributed by atoms with E-state index >= 15 is 0 Å². The topological polar surface area (TPSA) is 73.9 Å². The normalized spacial score (nSPS) is 15.4. The van der Waals surface area contributed by atoms with E-state index in [-0.39, 0.29) is 19.1 Å². The number of carbonyl (C=O) groups excluding carboxylic acids is 2. The van der Waals surface area contributed by atoms with Gasteiger partial charge in [0.05, 0.1) is 6.61 Å². The molecule has 1 aromatic carbocycles. The van der Waals surface area contributed by atoms with Crippen molar-refractivity contribution in [1.82, 2.24) is 5.32 Å². The largest absolute Gasteiger partial charge is 0.494 e. The second-order valence-electron chi connectivity index (χ2n) is 7.85. The Morgan fingerprint density at radius 2 is 1.86 bits per heavy atom. The minimum atomic E-state index is -0.833. The summed E-state index contributed by atoms with van der Waals surface area (Å²) in [7, 11) is 0. The molecule has 1 aliphatic carbocycles. The highest BCUT2D eigenvalue weighted by Gasteiger charge is 2.28. The van der Waals surface area contributed by atoms with Crippen LogP contribution in [0.15, 0.2) is 24.3 Å². The van der Waals surface area contributed by atoms with Crippen molar-refractivity contribution >= 4 is 12.1 Å². The summed E-state index contributed by atoms with van der Waals surface area (Å²) in [4.78, 5) is 24.7. The zero-order valence-electron chi connectivity index (χ0n) is 16.8. The average Bonchev–Trinajstić information content (AvgIpc) is 3.13. The van der Waals surface area contributed by atoms with E-state index in [0.29, 0.717) is 5.75 Å². The third-order valence-electron chi connectivity index (χ3n) is 4.26. The first-order valence-corrected chi connectivity index (χ1v) is 9.66. The Hall–Kier alpha value is -2.68. The number of benzene rings is 1. The molecule has 1 fully saturated rings. The lowest BCUT2D eigenvalue weighted by Crippen LogP contribution is -2.45. The molecule has 1 unspecified atom stereocenters. The number of ether oxygens (including phenoxy) is 3. The molecule has 28 heavy (non-hydrogen) atoms. The number of esters is 1. The quantitative estimate of drug-likeness (QED) is 0.569. The van der Waals surface area contributed by atoms with E-state index in [1.807, 2.05) is 0 Å². The highest BCUT2D eigenvalue weighted by Crippen LogP contribution is 2.22. The first-order chi connectivity index (χ1) is 13.3. The van der Waals surface area contributed by atoms with Crippen LogP contribution in [-0.4, -0.2) is 36.4 Å². The maximum Gasteiger partial charge on any atom is 0.408 e. The Morgan fingerprint density at radius 1 is 1.21 bits per heavy atom. The molecule has 1 saturated carbocycles. The van der Waals surface area contributed by atoms with Crippen molar-refractivity contribution in [3.63, 3.8) is 0 Å². The summed E-state index contributed by atoms with van der Waals surface area (Å²) >= 11 is 0. The molecule has 152 valence electrons. The van der Waals surface area contributed by atoms with Crippen molar-refractivity contribution in [1.29, 1.82) is 0 Å². The van der Waals surface area contributed by atoms with Gasteiger partial charge < -0.3 is 19.5 Å². The van der Waals surface area contributed by atoms with Gasteiger partial charge in [-0.3, -0.25) is 0 Å². The van der Waals surface area contributed by atoms with Crippen molar-refractivity contribution < 1.29 is 23.8 Å². The van der Waals surface area contributed by atoms with Crippen LogP contribution >= 0.6 is 0 Å². The molecule has 0 aliphatic heterocycles. The van der Waals surface area contributed by atoms with Crippen LogP contribution in [0.3, 0.4) is 0 Å². The highest BCUT2D eigenvalue weighted by atomic mass is 16.6. The van der Waals surface area contributed by atoms with Gasteiger partial charge in [-0.1, -0.05) is 5.92 Å². The van der Waals surface area contributed by atoms with Gasteiger partial charge in [-0.2, -0.15) is 0 Å². The van der Waals surface area contributed by atoms with E-state index in [0.717, 1.165) is 31.2 Å². The molecule has 1 aliphatic rings. The van der Waals surface area contributed by atoms with Crippen LogP contribution in [-0.2, 0) is 14.3 Å². The lowest BCUT2D eigenvalue weighted by molar-refractivity contribution is -0.151. The Bertz CT molecular complexity index is 693. The Balaban J connectivity index is 1.92.